The van der Waals surface area contributed by atoms with Crippen LogP contribution in [-0.2, 0) is 20.7 Å². The van der Waals surface area contributed by atoms with Gasteiger partial charge in [0, 0.05) is 24.9 Å². The number of likely N-dealkylation sites (N-methyl/N-ethyl adjacent to an activating group) is 1. The summed E-state index contributed by atoms with van der Waals surface area (Å²) < 4.78 is 28.5. The molecule has 1 spiro atoms. The van der Waals surface area contributed by atoms with Gasteiger partial charge in [-0.3, -0.25) is 4.90 Å². The number of benzene rings is 1. The fraction of sp³-hybridized carbons (Fsp3) is 0.571. The molecule has 3 heterocycles. The van der Waals surface area contributed by atoms with Crippen LogP contribution in [0.2, 0.25) is 0 Å². The molecule has 0 unspecified atom stereocenters. The minimum Gasteiger partial charge on any atom is -0.492 e. The monoisotopic (exact) mass is 403 g/mol. The molecule has 0 amide bonds. The molecule has 0 aromatic heterocycles. The summed E-state index contributed by atoms with van der Waals surface area (Å²) >= 11 is 0. The lowest BCUT2D eigenvalue weighted by Crippen LogP contribution is -2.47. The van der Waals surface area contributed by atoms with Crippen molar-refractivity contribution in [2.24, 2.45) is 0 Å². The van der Waals surface area contributed by atoms with Crippen molar-refractivity contribution >= 4 is 5.97 Å². The molecule has 8 heteroatoms. The third kappa shape index (κ3) is 2.80. The molecule has 8 nitrogen and oxygen atoms in total. The Kier molecular flexibility index (Phi) is 4.27. The summed E-state index contributed by atoms with van der Waals surface area (Å²) in [4.78, 5) is 15.1. The van der Waals surface area contributed by atoms with Crippen molar-refractivity contribution < 1.29 is 33.6 Å². The highest BCUT2D eigenvalue weighted by Crippen LogP contribution is 2.52. The second kappa shape index (κ2) is 6.73. The van der Waals surface area contributed by atoms with Gasteiger partial charge in [0.25, 0.3) is 11.7 Å². The van der Waals surface area contributed by atoms with Crippen molar-refractivity contribution in [3.63, 3.8) is 0 Å². The van der Waals surface area contributed by atoms with E-state index in [1.54, 1.807) is 7.11 Å². The molecule has 1 aromatic carbocycles. The summed E-state index contributed by atoms with van der Waals surface area (Å²) in [5.41, 5.74) is 1.86. The molecule has 1 atom stereocenters. The number of ether oxygens (including phenoxy) is 5. The maximum atomic E-state index is 13.1. The first-order chi connectivity index (χ1) is 14.0. The standard InChI is InChI=1S/C21H25NO7/c1-22-9-6-12-10-13-17(27-11-26-13)18(25-2)14(12)16(22)15-19(23)28-21(29-20(15)24)7-4-3-5-8-21/h10,16,23H,3-9,11H2,1-2H3/t16-/m0/s1. The number of hydrogen-bond acceptors (Lipinski definition) is 8. The van der Waals surface area contributed by atoms with E-state index in [-0.39, 0.29) is 18.3 Å². The van der Waals surface area contributed by atoms with E-state index in [4.69, 9.17) is 23.7 Å². The molecule has 0 bridgehead atoms. The predicted molar refractivity (Wildman–Crippen MR) is 101 cm³/mol. The molecule has 1 N–H and O–H groups in total. The maximum absolute atomic E-state index is 13.1. The summed E-state index contributed by atoms with van der Waals surface area (Å²) in [5.74, 6) is -0.283. The van der Waals surface area contributed by atoms with Crippen LogP contribution in [0.1, 0.15) is 49.3 Å². The van der Waals surface area contributed by atoms with Crippen LogP contribution in [0.4, 0.5) is 0 Å². The Morgan fingerprint density at radius 3 is 2.72 bits per heavy atom. The third-order valence-electron chi connectivity index (χ3n) is 6.30. The lowest BCUT2D eigenvalue weighted by atomic mass is 9.86. The molecule has 0 saturated heterocycles. The van der Waals surface area contributed by atoms with Gasteiger partial charge >= 0.3 is 5.97 Å². The van der Waals surface area contributed by atoms with E-state index < -0.39 is 17.8 Å². The topological polar surface area (TPSA) is 86.7 Å². The number of aliphatic hydroxyl groups excluding tert-OH is 1. The summed E-state index contributed by atoms with van der Waals surface area (Å²) in [6.07, 6.45) is 4.81. The first kappa shape index (κ1) is 18.4. The number of fused-ring (bicyclic) bond motifs is 2. The van der Waals surface area contributed by atoms with Crippen LogP contribution in [0.25, 0.3) is 0 Å². The van der Waals surface area contributed by atoms with Gasteiger partial charge in [-0.1, -0.05) is 6.42 Å². The van der Waals surface area contributed by atoms with Gasteiger partial charge in [0.05, 0.1) is 13.2 Å². The Bertz CT molecular complexity index is 888. The normalized spacial score (nSPS) is 25.4. The molecular weight excluding hydrogens is 378 g/mol. The fourth-order valence-electron chi connectivity index (χ4n) is 4.88. The number of rotatable bonds is 2. The maximum Gasteiger partial charge on any atom is 0.346 e. The van der Waals surface area contributed by atoms with Crippen molar-refractivity contribution in [2.75, 3.05) is 27.5 Å². The summed E-state index contributed by atoms with van der Waals surface area (Å²) in [5, 5.41) is 10.8. The number of aliphatic hydroxyl groups is 1. The van der Waals surface area contributed by atoms with E-state index in [9.17, 15) is 9.90 Å². The van der Waals surface area contributed by atoms with Gasteiger partial charge in [-0.05, 0) is 37.9 Å². The minimum atomic E-state index is -1.04. The molecule has 4 aliphatic rings. The zero-order chi connectivity index (χ0) is 20.2. The number of nitrogens with zero attached hydrogens (tertiary/aromatic N) is 1. The van der Waals surface area contributed by atoms with Crippen molar-refractivity contribution in [3.8, 4) is 17.2 Å². The molecule has 1 aromatic rings. The molecule has 1 saturated carbocycles. The van der Waals surface area contributed by atoms with E-state index in [2.05, 4.69) is 0 Å². The van der Waals surface area contributed by atoms with Crippen LogP contribution >= 0.6 is 0 Å². The molecule has 29 heavy (non-hydrogen) atoms. The second-order valence-corrected chi connectivity index (χ2v) is 8.03. The van der Waals surface area contributed by atoms with Crippen molar-refractivity contribution in [1.29, 1.82) is 0 Å². The van der Waals surface area contributed by atoms with Gasteiger partial charge in [0.1, 0.15) is 5.57 Å². The van der Waals surface area contributed by atoms with Gasteiger partial charge in [-0.2, -0.15) is 0 Å². The molecule has 1 aliphatic carbocycles. The van der Waals surface area contributed by atoms with Gasteiger partial charge in [0.15, 0.2) is 11.5 Å². The smallest absolute Gasteiger partial charge is 0.346 e. The SMILES string of the molecule is COc1c2c(cc3c1[C@@H](C1=C(O)OC4(CCCCC4)OC1=O)N(C)CC3)OCO2. The Morgan fingerprint density at radius 1 is 1.21 bits per heavy atom. The first-order valence-corrected chi connectivity index (χ1v) is 10.1. The largest absolute Gasteiger partial charge is 0.492 e. The van der Waals surface area contributed by atoms with Crippen LogP contribution in [0.3, 0.4) is 0 Å². The predicted octanol–water partition coefficient (Wildman–Crippen LogP) is 2.96. The zero-order valence-corrected chi connectivity index (χ0v) is 16.7. The van der Waals surface area contributed by atoms with Crippen LogP contribution in [-0.4, -0.2) is 49.3 Å². The lowest BCUT2D eigenvalue weighted by Gasteiger charge is -2.42. The van der Waals surface area contributed by atoms with Gasteiger partial charge in [-0.25, -0.2) is 4.79 Å². The molecule has 5 rings (SSSR count). The highest BCUT2D eigenvalue weighted by molar-refractivity contribution is 5.92. The van der Waals surface area contributed by atoms with E-state index in [0.29, 0.717) is 36.6 Å². The number of carbonyl (C=O) groups excluding carboxylic acids is 1. The fourth-order valence-corrected chi connectivity index (χ4v) is 4.88. The summed E-state index contributed by atoms with van der Waals surface area (Å²) in [7, 11) is 3.46. The van der Waals surface area contributed by atoms with Crippen LogP contribution in [0.5, 0.6) is 17.2 Å². The molecule has 0 radical (unpaired) electrons. The first-order valence-electron chi connectivity index (χ1n) is 10.1. The third-order valence-corrected chi connectivity index (χ3v) is 6.30. The van der Waals surface area contributed by atoms with Crippen molar-refractivity contribution in [1.82, 2.24) is 4.90 Å². The summed E-state index contributed by atoms with van der Waals surface area (Å²) in [6, 6.07) is 1.35. The number of methoxy groups -OCH3 is 1. The van der Waals surface area contributed by atoms with E-state index in [1.165, 1.54) is 0 Å². The average molecular weight is 403 g/mol. The van der Waals surface area contributed by atoms with Crippen molar-refractivity contribution in [2.45, 2.75) is 50.4 Å². The number of hydrogen-bond donors (Lipinski definition) is 1. The quantitative estimate of drug-likeness (QED) is 0.755. The Morgan fingerprint density at radius 2 is 2.00 bits per heavy atom. The lowest BCUT2D eigenvalue weighted by molar-refractivity contribution is -0.251. The van der Waals surface area contributed by atoms with Crippen LogP contribution in [0, 0.1) is 0 Å². The highest BCUT2D eigenvalue weighted by Gasteiger charge is 2.49. The van der Waals surface area contributed by atoms with Crippen LogP contribution in [0.15, 0.2) is 17.6 Å². The van der Waals surface area contributed by atoms with Gasteiger partial charge in [-0.15, -0.1) is 0 Å². The zero-order valence-electron chi connectivity index (χ0n) is 16.7. The number of esters is 1. The Hall–Kier alpha value is -2.61. The molecule has 156 valence electrons. The second-order valence-electron chi connectivity index (χ2n) is 8.03. The Balaban J connectivity index is 1.62. The summed E-state index contributed by atoms with van der Waals surface area (Å²) in [6.45, 7) is 0.812. The van der Waals surface area contributed by atoms with Gasteiger partial charge in [0.2, 0.25) is 12.5 Å². The average Bonchev–Trinajstić information content (AvgIpc) is 3.16. The molecule has 3 aliphatic heterocycles. The van der Waals surface area contributed by atoms with Gasteiger partial charge < -0.3 is 28.8 Å². The molecular formula is C21H25NO7. The molecule has 1 fully saturated rings. The van der Waals surface area contributed by atoms with Crippen LogP contribution < -0.4 is 14.2 Å². The van der Waals surface area contributed by atoms with E-state index in [1.807, 2.05) is 18.0 Å². The highest BCUT2D eigenvalue weighted by atomic mass is 16.8. The minimum absolute atomic E-state index is 0.0989. The Labute approximate surface area is 168 Å². The van der Waals surface area contributed by atoms with E-state index >= 15 is 0 Å². The van der Waals surface area contributed by atoms with Crippen molar-refractivity contribution in [3.05, 3.63) is 28.7 Å². The number of carbonyl (C=O) groups is 1. The van der Waals surface area contributed by atoms with E-state index in [0.717, 1.165) is 36.8 Å².